The number of nitrogens with zero attached hydrogens (tertiary/aromatic N) is 2. The van der Waals surface area contributed by atoms with Crippen LogP contribution in [0.5, 0.6) is 5.75 Å². The molecular formula is C19H17N3O3. The predicted molar refractivity (Wildman–Crippen MR) is 91.4 cm³/mol. The summed E-state index contributed by atoms with van der Waals surface area (Å²) in [7, 11) is 0. The molecule has 0 spiro atoms. The van der Waals surface area contributed by atoms with Gasteiger partial charge in [0, 0.05) is 24.4 Å². The Hall–Kier alpha value is -3.15. The molecule has 1 aliphatic heterocycles. The monoisotopic (exact) mass is 335 g/mol. The van der Waals surface area contributed by atoms with Crippen LogP contribution in [0.3, 0.4) is 0 Å². The molecule has 3 aromatic rings. The summed E-state index contributed by atoms with van der Waals surface area (Å²) < 4.78 is 11.2. The molecule has 1 aromatic carbocycles. The van der Waals surface area contributed by atoms with Gasteiger partial charge in [0.2, 0.25) is 5.76 Å². The molecule has 0 saturated heterocycles. The van der Waals surface area contributed by atoms with Gasteiger partial charge in [-0.25, -0.2) is 4.98 Å². The van der Waals surface area contributed by atoms with E-state index < -0.39 is 0 Å². The number of ether oxygens (including phenoxy) is 1. The smallest absolute Gasteiger partial charge is 0.289 e. The number of amides is 1. The molecule has 0 fully saturated rings. The van der Waals surface area contributed by atoms with E-state index in [9.17, 15) is 4.79 Å². The Morgan fingerprint density at radius 3 is 2.88 bits per heavy atom. The number of rotatable bonds is 4. The molecule has 126 valence electrons. The summed E-state index contributed by atoms with van der Waals surface area (Å²) in [6.07, 6.45) is 5.45. The SMILES string of the molecule is Cc1ncoc1C(=O)NCC1Cc2cccc(-c3ccncc3)c2O1. The molecule has 1 N–H and O–H groups in total. The number of fused-ring (bicyclic) bond motifs is 1. The van der Waals surface area contributed by atoms with E-state index in [4.69, 9.17) is 9.15 Å². The maximum atomic E-state index is 12.1. The number of aromatic nitrogens is 2. The summed E-state index contributed by atoms with van der Waals surface area (Å²) in [5, 5.41) is 2.85. The zero-order valence-electron chi connectivity index (χ0n) is 13.7. The summed E-state index contributed by atoms with van der Waals surface area (Å²) in [5.41, 5.74) is 3.83. The van der Waals surface area contributed by atoms with Gasteiger partial charge in [0.25, 0.3) is 5.91 Å². The minimum Gasteiger partial charge on any atom is -0.487 e. The van der Waals surface area contributed by atoms with E-state index in [1.54, 1.807) is 19.3 Å². The Labute approximate surface area is 144 Å². The van der Waals surface area contributed by atoms with Crippen molar-refractivity contribution in [2.45, 2.75) is 19.4 Å². The number of para-hydroxylation sites is 1. The molecule has 1 aliphatic rings. The van der Waals surface area contributed by atoms with Gasteiger partial charge in [-0.1, -0.05) is 18.2 Å². The fourth-order valence-corrected chi connectivity index (χ4v) is 3.02. The minimum absolute atomic E-state index is 0.106. The Morgan fingerprint density at radius 2 is 2.12 bits per heavy atom. The fourth-order valence-electron chi connectivity index (χ4n) is 3.02. The molecule has 0 bridgehead atoms. The molecule has 0 saturated carbocycles. The molecule has 6 nitrogen and oxygen atoms in total. The van der Waals surface area contributed by atoms with Crippen molar-refractivity contribution in [3.63, 3.8) is 0 Å². The Morgan fingerprint density at radius 1 is 1.28 bits per heavy atom. The van der Waals surface area contributed by atoms with Crippen molar-refractivity contribution in [1.82, 2.24) is 15.3 Å². The van der Waals surface area contributed by atoms with Crippen molar-refractivity contribution in [2.75, 3.05) is 6.54 Å². The van der Waals surface area contributed by atoms with Crippen molar-refractivity contribution in [1.29, 1.82) is 0 Å². The highest BCUT2D eigenvalue weighted by molar-refractivity contribution is 5.92. The normalized spacial score (nSPS) is 15.5. The van der Waals surface area contributed by atoms with Crippen LogP contribution < -0.4 is 10.1 Å². The van der Waals surface area contributed by atoms with Crippen LogP contribution in [0.2, 0.25) is 0 Å². The molecule has 4 rings (SSSR count). The molecule has 2 aromatic heterocycles. The van der Waals surface area contributed by atoms with Gasteiger partial charge in [0.05, 0.1) is 12.2 Å². The van der Waals surface area contributed by atoms with Crippen LogP contribution in [0, 0.1) is 6.92 Å². The van der Waals surface area contributed by atoms with Crippen molar-refractivity contribution in [3.8, 4) is 16.9 Å². The largest absolute Gasteiger partial charge is 0.487 e. The van der Waals surface area contributed by atoms with E-state index in [0.717, 1.165) is 28.9 Å². The molecule has 0 aliphatic carbocycles. The number of carbonyl (C=O) groups excluding carboxylic acids is 1. The Balaban J connectivity index is 1.47. The number of pyridine rings is 1. The highest BCUT2D eigenvalue weighted by atomic mass is 16.5. The van der Waals surface area contributed by atoms with Gasteiger partial charge in [-0.05, 0) is 30.2 Å². The quantitative estimate of drug-likeness (QED) is 0.793. The first-order valence-electron chi connectivity index (χ1n) is 8.09. The van der Waals surface area contributed by atoms with Crippen LogP contribution in [0.25, 0.3) is 11.1 Å². The third-order valence-corrected chi connectivity index (χ3v) is 4.26. The molecule has 1 amide bonds. The Bertz CT molecular complexity index is 905. The minimum atomic E-state index is -0.274. The number of aryl methyl sites for hydroxylation is 1. The highest BCUT2D eigenvalue weighted by Gasteiger charge is 2.26. The summed E-state index contributed by atoms with van der Waals surface area (Å²) in [5.74, 6) is 0.848. The van der Waals surface area contributed by atoms with Crippen LogP contribution in [-0.4, -0.2) is 28.5 Å². The van der Waals surface area contributed by atoms with E-state index in [-0.39, 0.29) is 17.8 Å². The number of carbonyl (C=O) groups is 1. The maximum absolute atomic E-state index is 12.1. The molecule has 25 heavy (non-hydrogen) atoms. The lowest BCUT2D eigenvalue weighted by atomic mass is 10.0. The second-order valence-electron chi connectivity index (χ2n) is 5.95. The van der Waals surface area contributed by atoms with Crippen LogP contribution in [0.4, 0.5) is 0 Å². The summed E-state index contributed by atoms with van der Waals surface area (Å²) >= 11 is 0. The highest BCUT2D eigenvalue weighted by Crippen LogP contribution is 2.38. The maximum Gasteiger partial charge on any atom is 0.289 e. The van der Waals surface area contributed by atoms with Gasteiger partial charge in [-0.2, -0.15) is 0 Å². The van der Waals surface area contributed by atoms with Gasteiger partial charge in [0.15, 0.2) is 6.39 Å². The van der Waals surface area contributed by atoms with Crippen LogP contribution in [0.15, 0.2) is 53.5 Å². The van der Waals surface area contributed by atoms with Crippen LogP contribution in [-0.2, 0) is 6.42 Å². The van der Waals surface area contributed by atoms with Gasteiger partial charge in [-0.3, -0.25) is 9.78 Å². The molecule has 0 radical (unpaired) electrons. The Kier molecular flexibility index (Phi) is 3.93. The molecule has 1 atom stereocenters. The third-order valence-electron chi connectivity index (χ3n) is 4.26. The summed E-state index contributed by atoms with van der Waals surface area (Å²) in [4.78, 5) is 20.1. The lowest BCUT2D eigenvalue weighted by Crippen LogP contribution is -2.34. The van der Waals surface area contributed by atoms with E-state index in [1.807, 2.05) is 24.3 Å². The fraction of sp³-hybridized carbons (Fsp3) is 0.211. The first-order valence-corrected chi connectivity index (χ1v) is 8.09. The zero-order chi connectivity index (χ0) is 17.2. The van der Waals surface area contributed by atoms with Gasteiger partial charge >= 0.3 is 0 Å². The first kappa shape index (κ1) is 15.4. The number of hydrogen-bond donors (Lipinski definition) is 1. The molecular weight excluding hydrogens is 318 g/mol. The van der Waals surface area contributed by atoms with Crippen molar-refractivity contribution >= 4 is 5.91 Å². The zero-order valence-corrected chi connectivity index (χ0v) is 13.7. The van der Waals surface area contributed by atoms with Crippen LogP contribution in [0.1, 0.15) is 21.8 Å². The molecule has 6 heteroatoms. The average molecular weight is 335 g/mol. The second-order valence-corrected chi connectivity index (χ2v) is 5.95. The number of benzene rings is 1. The lowest BCUT2D eigenvalue weighted by molar-refractivity contribution is 0.0905. The van der Waals surface area contributed by atoms with Gasteiger partial charge in [0.1, 0.15) is 11.9 Å². The number of oxazole rings is 1. The molecule has 1 unspecified atom stereocenters. The lowest BCUT2D eigenvalue weighted by Gasteiger charge is -2.13. The number of hydrogen-bond acceptors (Lipinski definition) is 5. The van der Waals surface area contributed by atoms with E-state index in [2.05, 4.69) is 21.4 Å². The third kappa shape index (κ3) is 2.98. The van der Waals surface area contributed by atoms with E-state index in [0.29, 0.717) is 12.2 Å². The summed E-state index contributed by atoms with van der Waals surface area (Å²) in [6.45, 7) is 2.14. The van der Waals surface area contributed by atoms with Gasteiger partial charge in [-0.15, -0.1) is 0 Å². The molecule has 3 heterocycles. The van der Waals surface area contributed by atoms with E-state index in [1.165, 1.54) is 6.39 Å². The standard InChI is InChI=1S/C19H17N3O3/c1-12-17(24-11-22-12)19(23)21-10-15-9-14-3-2-4-16(18(14)25-15)13-5-7-20-8-6-13/h2-8,11,15H,9-10H2,1H3,(H,21,23). The summed E-state index contributed by atoms with van der Waals surface area (Å²) in [6, 6.07) is 10.0. The average Bonchev–Trinajstić information content (AvgIpc) is 3.25. The van der Waals surface area contributed by atoms with Gasteiger partial charge < -0.3 is 14.5 Å². The van der Waals surface area contributed by atoms with Crippen molar-refractivity contribution < 1.29 is 13.9 Å². The van der Waals surface area contributed by atoms with Crippen molar-refractivity contribution in [2.24, 2.45) is 0 Å². The first-order chi connectivity index (χ1) is 12.2. The topological polar surface area (TPSA) is 77.3 Å². The van der Waals surface area contributed by atoms with E-state index >= 15 is 0 Å². The second kappa shape index (κ2) is 6.39. The van der Waals surface area contributed by atoms with Crippen LogP contribution >= 0.6 is 0 Å². The predicted octanol–water partition coefficient (Wildman–Crippen LogP) is 2.78. The van der Waals surface area contributed by atoms with Crippen molar-refractivity contribution in [3.05, 3.63) is 66.1 Å². The number of nitrogens with one attached hydrogen (secondary N) is 1.